The minimum atomic E-state index is -1.04. The third kappa shape index (κ3) is 5.11. The Hall–Kier alpha value is -2.34. The minimum Gasteiger partial charge on any atom is -0.351 e. The van der Waals surface area contributed by atoms with Gasteiger partial charge in [0.05, 0.1) is 12.2 Å². The quantitative estimate of drug-likeness (QED) is 0.644. The molecule has 2 aliphatic rings. The summed E-state index contributed by atoms with van der Waals surface area (Å²) < 4.78 is 1.73. The number of benzene rings is 1. The standard InChI is InChI=1S/C26H35ClN4O2/c1-18(2)22-15-23-24(32)30(16-19-11-13-20(27)14-12-19)26(3,17-31(23)29-22)25(33)28-21-9-7-5-4-6-8-10-21/h11-15,18,21H,4-10,16-17H2,1-3H3,(H,28,33). The lowest BCUT2D eigenvalue weighted by atomic mass is 9.91. The number of fused-ring (bicyclic) bond motifs is 1. The van der Waals surface area contributed by atoms with E-state index in [1.807, 2.05) is 37.3 Å². The highest BCUT2D eigenvalue weighted by atomic mass is 35.5. The van der Waals surface area contributed by atoms with Gasteiger partial charge in [-0.05, 0) is 49.4 Å². The molecule has 178 valence electrons. The summed E-state index contributed by atoms with van der Waals surface area (Å²) in [5.41, 5.74) is 1.32. The first-order valence-electron chi connectivity index (χ1n) is 12.2. The molecule has 33 heavy (non-hydrogen) atoms. The zero-order valence-electron chi connectivity index (χ0n) is 19.9. The maximum Gasteiger partial charge on any atom is 0.273 e. The number of carbonyl (C=O) groups excluding carboxylic acids is 2. The van der Waals surface area contributed by atoms with E-state index in [2.05, 4.69) is 24.3 Å². The van der Waals surface area contributed by atoms with Crippen LogP contribution in [0, 0.1) is 0 Å². The average Bonchev–Trinajstić information content (AvgIpc) is 3.18. The number of hydrogen-bond donors (Lipinski definition) is 1. The van der Waals surface area contributed by atoms with Gasteiger partial charge < -0.3 is 10.2 Å². The van der Waals surface area contributed by atoms with Gasteiger partial charge in [0.15, 0.2) is 0 Å². The second kappa shape index (κ2) is 9.88. The molecule has 1 aromatic carbocycles. The van der Waals surface area contributed by atoms with Crippen LogP contribution in [0.2, 0.25) is 5.02 Å². The maximum atomic E-state index is 13.8. The third-order valence-corrected chi connectivity index (χ3v) is 7.34. The normalized spacial score (nSPS) is 22.1. The van der Waals surface area contributed by atoms with Gasteiger partial charge in [0.1, 0.15) is 11.2 Å². The van der Waals surface area contributed by atoms with Crippen LogP contribution in [0.25, 0.3) is 0 Å². The first kappa shape index (κ1) is 23.8. The first-order chi connectivity index (χ1) is 15.8. The third-order valence-electron chi connectivity index (χ3n) is 7.09. The van der Waals surface area contributed by atoms with Crippen molar-refractivity contribution < 1.29 is 9.59 Å². The predicted octanol–water partition coefficient (Wildman–Crippen LogP) is 5.30. The highest BCUT2D eigenvalue weighted by Crippen LogP contribution is 2.31. The van der Waals surface area contributed by atoms with Gasteiger partial charge in [0.2, 0.25) is 5.91 Å². The van der Waals surface area contributed by atoms with Crippen molar-refractivity contribution in [2.75, 3.05) is 0 Å². The number of halogens is 1. The molecular formula is C26H35ClN4O2. The van der Waals surface area contributed by atoms with Gasteiger partial charge in [-0.2, -0.15) is 5.10 Å². The van der Waals surface area contributed by atoms with E-state index in [1.54, 1.807) is 9.58 Å². The van der Waals surface area contributed by atoms with Crippen molar-refractivity contribution in [2.24, 2.45) is 0 Å². The highest BCUT2D eigenvalue weighted by Gasteiger charge is 2.48. The molecule has 1 aliphatic carbocycles. The molecule has 6 nitrogen and oxygen atoms in total. The van der Waals surface area contributed by atoms with E-state index in [4.69, 9.17) is 11.6 Å². The lowest BCUT2D eigenvalue weighted by Gasteiger charge is -2.44. The molecule has 1 aromatic heterocycles. The second-order valence-electron chi connectivity index (χ2n) is 10.1. The summed E-state index contributed by atoms with van der Waals surface area (Å²) in [6, 6.07) is 9.49. The fraction of sp³-hybridized carbons (Fsp3) is 0.577. The Morgan fingerprint density at radius 1 is 1.15 bits per heavy atom. The van der Waals surface area contributed by atoms with Crippen molar-refractivity contribution >= 4 is 23.4 Å². The van der Waals surface area contributed by atoms with E-state index >= 15 is 0 Å². The van der Waals surface area contributed by atoms with Gasteiger partial charge in [0, 0.05) is 17.6 Å². The van der Waals surface area contributed by atoms with Gasteiger partial charge in [0.25, 0.3) is 5.91 Å². The molecule has 1 unspecified atom stereocenters. The van der Waals surface area contributed by atoms with Crippen LogP contribution in [-0.2, 0) is 17.9 Å². The fourth-order valence-electron chi connectivity index (χ4n) is 4.91. The number of amides is 2. The Kier molecular flexibility index (Phi) is 7.13. The van der Waals surface area contributed by atoms with E-state index in [-0.39, 0.29) is 23.8 Å². The average molecular weight is 471 g/mol. The van der Waals surface area contributed by atoms with Crippen LogP contribution in [0.4, 0.5) is 0 Å². The van der Waals surface area contributed by atoms with Crippen molar-refractivity contribution in [3.8, 4) is 0 Å². The van der Waals surface area contributed by atoms with Crippen molar-refractivity contribution in [2.45, 2.75) is 96.3 Å². The van der Waals surface area contributed by atoms with Crippen molar-refractivity contribution in [3.05, 3.63) is 52.3 Å². The summed E-state index contributed by atoms with van der Waals surface area (Å²) in [7, 11) is 0. The molecule has 2 heterocycles. The van der Waals surface area contributed by atoms with Crippen molar-refractivity contribution in [3.63, 3.8) is 0 Å². The second-order valence-corrected chi connectivity index (χ2v) is 10.5. The number of hydrogen-bond acceptors (Lipinski definition) is 3. The molecule has 2 aromatic rings. The fourth-order valence-corrected chi connectivity index (χ4v) is 5.03. The van der Waals surface area contributed by atoms with E-state index in [9.17, 15) is 9.59 Å². The molecule has 2 amide bonds. The molecule has 7 heteroatoms. The summed E-state index contributed by atoms with van der Waals surface area (Å²) in [5.74, 6) is -0.0517. The molecule has 1 fully saturated rings. The van der Waals surface area contributed by atoms with Gasteiger partial charge in [-0.25, -0.2) is 0 Å². The van der Waals surface area contributed by atoms with Crippen LogP contribution in [0.3, 0.4) is 0 Å². The smallest absolute Gasteiger partial charge is 0.273 e. The molecule has 0 radical (unpaired) electrons. The van der Waals surface area contributed by atoms with Crippen LogP contribution in [-0.4, -0.2) is 38.1 Å². The number of nitrogens with zero attached hydrogens (tertiary/aromatic N) is 3. The van der Waals surface area contributed by atoms with Crippen LogP contribution < -0.4 is 5.32 Å². The number of nitrogens with one attached hydrogen (secondary N) is 1. The Bertz CT molecular complexity index is 992. The summed E-state index contributed by atoms with van der Waals surface area (Å²) >= 11 is 6.07. The monoisotopic (exact) mass is 470 g/mol. The van der Waals surface area contributed by atoms with Gasteiger partial charge in [-0.3, -0.25) is 14.3 Å². The molecule has 1 saturated carbocycles. The van der Waals surface area contributed by atoms with E-state index < -0.39 is 5.54 Å². The summed E-state index contributed by atoms with van der Waals surface area (Å²) in [4.78, 5) is 29.2. The lowest BCUT2D eigenvalue weighted by molar-refractivity contribution is -0.134. The largest absolute Gasteiger partial charge is 0.351 e. The first-order valence-corrected chi connectivity index (χ1v) is 12.6. The van der Waals surface area contributed by atoms with E-state index in [0.29, 0.717) is 23.8 Å². The molecule has 4 rings (SSSR count). The number of rotatable bonds is 5. The summed E-state index contributed by atoms with van der Waals surface area (Å²) in [6.07, 6.45) is 7.99. The molecular weight excluding hydrogens is 436 g/mol. The Morgan fingerprint density at radius 3 is 2.42 bits per heavy atom. The molecule has 0 spiro atoms. The molecule has 1 atom stereocenters. The summed E-state index contributed by atoms with van der Waals surface area (Å²) in [6.45, 7) is 6.67. The Balaban J connectivity index is 1.65. The molecule has 0 bridgehead atoms. The van der Waals surface area contributed by atoms with E-state index in [1.165, 1.54) is 19.3 Å². The lowest BCUT2D eigenvalue weighted by Crippen LogP contribution is -2.64. The van der Waals surface area contributed by atoms with Crippen molar-refractivity contribution in [1.82, 2.24) is 20.0 Å². The molecule has 1 aliphatic heterocycles. The molecule has 1 N–H and O–H groups in total. The van der Waals surface area contributed by atoms with Crippen LogP contribution in [0.5, 0.6) is 0 Å². The van der Waals surface area contributed by atoms with Gasteiger partial charge in [-0.15, -0.1) is 0 Å². The zero-order chi connectivity index (χ0) is 23.6. The Morgan fingerprint density at radius 2 is 1.79 bits per heavy atom. The predicted molar refractivity (Wildman–Crippen MR) is 130 cm³/mol. The topological polar surface area (TPSA) is 67.2 Å². The van der Waals surface area contributed by atoms with Crippen LogP contribution in [0.15, 0.2) is 30.3 Å². The van der Waals surface area contributed by atoms with Crippen molar-refractivity contribution in [1.29, 1.82) is 0 Å². The Labute approximate surface area is 201 Å². The maximum absolute atomic E-state index is 13.8. The van der Waals surface area contributed by atoms with Gasteiger partial charge >= 0.3 is 0 Å². The highest BCUT2D eigenvalue weighted by molar-refractivity contribution is 6.30. The van der Waals surface area contributed by atoms with E-state index in [0.717, 1.165) is 36.9 Å². The van der Waals surface area contributed by atoms with Gasteiger partial charge in [-0.1, -0.05) is 69.7 Å². The summed E-state index contributed by atoms with van der Waals surface area (Å²) in [5, 5.41) is 8.63. The van der Waals surface area contributed by atoms with Crippen LogP contribution >= 0.6 is 11.6 Å². The molecule has 0 saturated heterocycles. The number of aromatic nitrogens is 2. The number of carbonyl (C=O) groups is 2. The SMILES string of the molecule is CC(C)c1cc2n(n1)CC(C)(C(=O)NC1CCCCCCC1)N(Cc1ccc(Cl)cc1)C2=O. The zero-order valence-corrected chi connectivity index (χ0v) is 20.7. The van der Waals surface area contributed by atoms with Crippen LogP contribution in [0.1, 0.15) is 93.4 Å². The minimum absolute atomic E-state index is 0.0948.